The van der Waals surface area contributed by atoms with Crippen LogP contribution in [-0.2, 0) is 5.41 Å². The monoisotopic (exact) mass is 277 g/mol. The maximum atomic E-state index is 13.3. The number of aromatic amines is 1. The zero-order valence-corrected chi connectivity index (χ0v) is 11.3. The number of hydrogen-bond donors (Lipinski definition) is 2. The van der Waals surface area contributed by atoms with E-state index in [-0.39, 0.29) is 5.41 Å². The third kappa shape index (κ3) is 2.33. The van der Waals surface area contributed by atoms with E-state index in [4.69, 9.17) is 0 Å². The lowest BCUT2D eigenvalue weighted by atomic mass is 9.80. The number of aromatic nitrogens is 2. The van der Waals surface area contributed by atoms with Crippen LogP contribution in [0.5, 0.6) is 0 Å². The summed E-state index contributed by atoms with van der Waals surface area (Å²) in [5.41, 5.74) is 1.35. The predicted molar refractivity (Wildman–Crippen MR) is 73.4 cm³/mol. The van der Waals surface area contributed by atoms with Gasteiger partial charge in [-0.25, -0.2) is 13.8 Å². The molecule has 3 nitrogen and oxygen atoms in total. The van der Waals surface area contributed by atoms with Gasteiger partial charge in [0, 0.05) is 11.0 Å². The summed E-state index contributed by atoms with van der Waals surface area (Å²) in [6.45, 7) is 4.12. The summed E-state index contributed by atoms with van der Waals surface area (Å²) >= 11 is 0. The summed E-state index contributed by atoms with van der Waals surface area (Å²) in [5.74, 6) is -0.760. The molecule has 3 rings (SSSR count). The summed E-state index contributed by atoms with van der Waals surface area (Å²) in [7, 11) is 0. The first kappa shape index (κ1) is 13.2. The van der Waals surface area contributed by atoms with Gasteiger partial charge in [-0.2, -0.15) is 0 Å². The summed E-state index contributed by atoms with van der Waals surface area (Å²) in [6.07, 6.45) is 3.71. The number of nitrogens with one attached hydrogen (secondary N) is 2. The second-order valence-electron chi connectivity index (χ2n) is 5.59. The third-order valence-electron chi connectivity index (χ3n) is 4.09. The van der Waals surface area contributed by atoms with Crippen molar-refractivity contribution in [3.63, 3.8) is 0 Å². The Hall–Kier alpha value is -1.75. The number of hydrogen-bond acceptors (Lipinski definition) is 2. The first-order valence-corrected chi connectivity index (χ1v) is 6.80. The molecule has 1 aliphatic heterocycles. The van der Waals surface area contributed by atoms with Crippen molar-refractivity contribution in [1.82, 2.24) is 15.3 Å². The fourth-order valence-electron chi connectivity index (χ4n) is 2.65. The molecular formula is C15H17F2N3. The van der Waals surface area contributed by atoms with E-state index >= 15 is 0 Å². The molecule has 0 spiro atoms. The van der Waals surface area contributed by atoms with Crippen molar-refractivity contribution in [3.05, 3.63) is 41.9 Å². The number of imidazole rings is 1. The van der Waals surface area contributed by atoms with Gasteiger partial charge in [0.05, 0.1) is 11.9 Å². The standard InChI is InChI=1S/C15H17F2N3/c1-15(4-6-18-7-5-15)14-19-9-13(20-14)10-2-3-11(16)12(17)8-10/h2-3,8-9,18H,4-7H2,1H3,(H,19,20). The molecule has 20 heavy (non-hydrogen) atoms. The predicted octanol–water partition coefficient (Wildman–Crippen LogP) is 3.00. The lowest BCUT2D eigenvalue weighted by Gasteiger charge is -2.32. The Balaban J connectivity index is 1.91. The van der Waals surface area contributed by atoms with Gasteiger partial charge in [-0.1, -0.05) is 6.92 Å². The average molecular weight is 277 g/mol. The van der Waals surface area contributed by atoms with E-state index in [0.29, 0.717) is 5.56 Å². The summed E-state index contributed by atoms with van der Waals surface area (Å²) in [6, 6.07) is 3.88. The minimum absolute atomic E-state index is 0.0159. The second kappa shape index (κ2) is 4.98. The Morgan fingerprint density at radius 3 is 2.60 bits per heavy atom. The van der Waals surface area contributed by atoms with E-state index in [2.05, 4.69) is 22.2 Å². The van der Waals surface area contributed by atoms with Crippen molar-refractivity contribution in [2.45, 2.75) is 25.2 Å². The highest BCUT2D eigenvalue weighted by Crippen LogP contribution is 2.32. The number of nitrogens with zero attached hydrogens (tertiary/aromatic N) is 1. The van der Waals surface area contributed by atoms with Crippen LogP contribution in [0.25, 0.3) is 11.3 Å². The second-order valence-corrected chi connectivity index (χ2v) is 5.59. The van der Waals surface area contributed by atoms with Crippen molar-refractivity contribution >= 4 is 0 Å². The first-order valence-electron chi connectivity index (χ1n) is 6.80. The average Bonchev–Trinajstić information content (AvgIpc) is 2.93. The molecule has 1 aromatic carbocycles. The van der Waals surface area contributed by atoms with E-state index in [1.165, 1.54) is 6.07 Å². The number of halogens is 2. The third-order valence-corrected chi connectivity index (χ3v) is 4.09. The summed E-state index contributed by atoms with van der Waals surface area (Å²) in [4.78, 5) is 7.70. The number of benzene rings is 1. The highest BCUT2D eigenvalue weighted by atomic mass is 19.2. The van der Waals surface area contributed by atoms with Crippen LogP contribution in [-0.4, -0.2) is 23.1 Å². The summed E-state index contributed by atoms with van der Waals surface area (Å²) in [5, 5.41) is 3.33. The van der Waals surface area contributed by atoms with Crippen molar-refractivity contribution in [2.24, 2.45) is 0 Å². The van der Waals surface area contributed by atoms with Gasteiger partial charge in [0.25, 0.3) is 0 Å². The molecule has 2 aromatic rings. The molecule has 2 heterocycles. The molecule has 0 radical (unpaired) electrons. The maximum Gasteiger partial charge on any atom is 0.159 e. The Morgan fingerprint density at radius 2 is 1.90 bits per heavy atom. The van der Waals surface area contributed by atoms with Crippen molar-refractivity contribution in [1.29, 1.82) is 0 Å². The molecule has 0 saturated carbocycles. The molecule has 1 fully saturated rings. The van der Waals surface area contributed by atoms with Crippen molar-refractivity contribution in [3.8, 4) is 11.3 Å². The van der Waals surface area contributed by atoms with Gasteiger partial charge < -0.3 is 10.3 Å². The van der Waals surface area contributed by atoms with Crippen LogP contribution in [0.1, 0.15) is 25.6 Å². The highest BCUT2D eigenvalue weighted by Gasteiger charge is 2.31. The number of H-pyrrole nitrogens is 1. The van der Waals surface area contributed by atoms with Crippen LogP contribution in [0.3, 0.4) is 0 Å². The van der Waals surface area contributed by atoms with Gasteiger partial charge in [0.15, 0.2) is 11.6 Å². The lowest BCUT2D eigenvalue weighted by Crippen LogP contribution is -2.38. The van der Waals surface area contributed by atoms with E-state index in [9.17, 15) is 8.78 Å². The van der Waals surface area contributed by atoms with Crippen LogP contribution in [0.4, 0.5) is 8.78 Å². The fourth-order valence-corrected chi connectivity index (χ4v) is 2.65. The van der Waals surface area contributed by atoms with Gasteiger partial charge in [-0.15, -0.1) is 0 Å². The molecule has 106 valence electrons. The van der Waals surface area contributed by atoms with Crippen molar-refractivity contribution < 1.29 is 8.78 Å². The molecule has 0 bridgehead atoms. The molecule has 0 unspecified atom stereocenters. The van der Waals surface area contributed by atoms with E-state index in [1.54, 1.807) is 12.3 Å². The van der Waals surface area contributed by atoms with E-state index < -0.39 is 11.6 Å². The zero-order chi connectivity index (χ0) is 14.2. The highest BCUT2D eigenvalue weighted by molar-refractivity contribution is 5.58. The van der Waals surface area contributed by atoms with Crippen LogP contribution in [0.2, 0.25) is 0 Å². The number of rotatable bonds is 2. The fraction of sp³-hybridized carbons (Fsp3) is 0.400. The molecule has 0 amide bonds. The maximum absolute atomic E-state index is 13.3. The molecule has 1 saturated heterocycles. The van der Waals surface area contributed by atoms with Gasteiger partial charge in [0.1, 0.15) is 5.82 Å². The molecule has 5 heteroatoms. The zero-order valence-electron chi connectivity index (χ0n) is 11.3. The van der Waals surface area contributed by atoms with Crippen molar-refractivity contribution in [2.75, 3.05) is 13.1 Å². The summed E-state index contributed by atoms with van der Waals surface area (Å²) < 4.78 is 26.2. The largest absolute Gasteiger partial charge is 0.342 e. The molecule has 1 aromatic heterocycles. The van der Waals surface area contributed by atoms with E-state index in [0.717, 1.165) is 43.5 Å². The minimum Gasteiger partial charge on any atom is -0.342 e. The number of piperidine rings is 1. The molecule has 0 atom stereocenters. The topological polar surface area (TPSA) is 40.7 Å². The molecule has 0 aliphatic carbocycles. The van der Waals surface area contributed by atoms with Gasteiger partial charge in [0.2, 0.25) is 0 Å². The normalized spacial score (nSPS) is 18.1. The van der Waals surface area contributed by atoms with Gasteiger partial charge in [-0.3, -0.25) is 0 Å². The molecular weight excluding hydrogens is 260 g/mol. The minimum atomic E-state index is -0.841. The Bertz CT molecular complexity index is 615. The van der Waals surface area contributed by atoms with E-state index in [1.807, 2.05) is 0 Å². The first-order chi connectivity index (χ1) is 9.58. The lowest BCUT2D eigenvalue weighted by molar-refractivity contribution is 0.321. The van der Waals surface area contributed by atoms with Gasteiger partial charge >= 0.3 is 0 Å². The Kier molecular flexibility index (Phi) is 3.30. The van der Waals surface area contributed by atoms with Crippen LogP contribution in [0.15, 0.2) is 24.4 Å². The van der Waals surface area contributed by atoms with Crippen LogP contribution >= 0.6 is 0 Å². The van der Waals surface area contributed by atoms with Crippen LogP contribution in [0, 0.1) is 11.6 Å². The Morgan fingerprint density at radius 1 is 1.15 bits per heavy atom. The Labute approximate surface area is 116 Å². The van der Waals surface area contributed by atoms with Gasteiger partial charge in [-0.05, 0) is 44.1 Å². The van der Waals surface area contributed by atoms with Crippen LogP contribution < -0.4 is 5.32 Å². The molecule has 2 N–H and O–H groups in total. The smallest absolute Gasteiger partial charge is 0.159 e. The SMILES string of the molecule is CC1(c2ncc(-c3ccc(F)c(F)c3)[nH]2)CCNCC1. The molecule has 1 aliphatic rings. The quantitative estimate of drug-likeness (QED) is 0.886.